The zero-order chi connectivity index (χ0) is 16.8. The number of carbonyl (C=O) groups is 2. The van der Waals surface area contributed by atoms with Crippen LogP contribution in [0.4, 0.5) is 4.79 Å². The molecule has 0 saturated heterocycles. The lowest BCUT2D eigenvalue weighted by Gasteiger charge is -2.19. The summed E-state index contributed by atoms with van der Waals surface area (Å²) in [5.74, 6) is -0.555. The van der Waals surface area contributed by atoms with Crippen molar-refractivity contribution in [2.75, 3.05) is 13.2 Å². The third-order valence-electron chi connectivity index (χ3n) is 2.52. The molecular formula is C15H27N3O5. The fourth-order valence-electron chi connectivity index (χ4n) is 1.72. The molecule has 1 amide bonds. The van der Waals surface area contributed by atoms with E-state index < -0.39 is 17.7 Å². The second kappa shape index (κ2) is 9.02. The van der Waals surface area contributed by atoms with Gasteiger partial charge in [-0.2, -0.15) is 0 Å². The molecule has 0 aromatic carbocycles. The number of hydrogen-bond acceptors (Lipinski definition) is 5. The number of carbonyl (C=O) groups excluding carboxylic acids is 2. The molecule has 23 heavy (non-hydrogen) atoms. The van der Waals surface area contributed by atoms with Gasteiger partial charge in [0.25, 0.3) is 5.56 Å². The van der Waals surface area contributed by atoms with E-state index in [-0.39, 0.29) is 25.3 Å². The zero-order valence-corrected chi connectivity index (χ0v) is 13.4. The molecule has 1 heterocycles. The molecule has 0 saturated carbocycles. The highest BCUT2D eigenvalue weighted by Gasteiger charge is 2.16. The molecule has 0 atom stereocenters. The Bertz CT molecular complexity index is 568. The Kier molecular flexibility index (Phi) is 8.13. The lowest BCUT2D eigenvalue weighted by Crippen LogP contribution is -2.33. The number of aromatic amines is 1. The molecule has 8 heteroatoms. The predicted molar refractivity (Wildman–Crippen MR) is 86.6 cm³/mol. The van der Waals surface area contributed by atoms with Crippen molar-refractivity contribution in [3.05, 3.63) is 22.1 Å². The fourth-order valence-corrected chi connectivity index (χ4v) is 1.72. The number of aromatic nitrogens is 2. The average molecular weight is 329 g/mol. The Hall–Kier alpha value is -2.25. The predicted octanol–water partition coefficient (Wildman–Crippen LogP) is 1.90. The third kappa shape index (κ3) is 7.53. The van der Waals surface area contributed by atoms with Gasteiger partial charge in [-0.05, 0) is 34.1 Å². The van der Waals surface area contributed by atoms with Crippen LogP contribution >= 0.6 is 0 Å². The molecule has 132 valence electrons. The first-order chi connectivity index (χ1) is 10.2. The van der Waals surface area contributed by atoms with Gasteiger partial charge in [0.2, 0.25) is 0 Å². The lowest BCUT2D eigenvalue weighted by atomic mass is 10.2. The van der Waals surface area contributed by atoms with Crippen LogP contribution in [0.3, 0.4) is 0 Å². The first-order valence-corrected chi connectivity index (χ1v) is 7.16. The van der Waals surface area contributed by atoms with E-state index in [0.717, 1.165) is 0 Å². The van der Waals surface area contributed by atoms with E-state index in [9.17, 15) is 14.4 Å². The van der Waals surface area contributed by atoms with Gasteiger partial charge in [0.15, 0.2) is 0 Å². The number of ether oxygens (including phenoxy) is 2. The van der Waals surface area contributed by atoms with Crippen LogP contribution in [0.5, 0.6) is 0 Å². The first kappa shape index (κ1) is 20.8. The molecule has 0 fully saturated rings. The summed E-state index contributed by atoms with van der Waals surface area (Å²) in [6, 6.07) is 1.19. The number of esters is 1. The van der Waals surface area contributed by atoms with Crippen molar-refractivity contribution in [1.82, 2.24) is 15.1 Å². The van der Waals surface area contributed by atoms with Gasteiger partial charge in [-0.3, -0.25) is 14.6 Å². The molecule has 0 aliphatic rings. The number of rotatable bonds is 6. The monoisotopic (exact) mass is 329 g/mol. The molecular weight excluding hydrogens is 302 g/mol. The molecule has 2 N–H and O–H groups in total. The van der Waals surface area contributed by atoms with Gasteiger partial charge in [-0.15, -0.1) is 0 Å². The topological polar surface area (TPSA) is 102 Å². The van der Waals surface area contributed by atoms with Gasteiger partial charge in [0.05, 0.1) is 6.61 Å². The Labute approximate surface area is 136 Å². The van der Waals surface area contributed by atoms with E-state index in [1.165, 1.54) is 10.7 Å². The quantitative estimate of drug-likeness (QED) is 0.613. The van der Waals surface area contributed by atoms with Gasteiger partial charge in [0.1, 0.15) is 11.3 Å². The molecule has 0 aliphatic carbocycles. The Morgan fingerprint density at radius 3 is 2.57 bits per heavy atom. The van der Waals surface area contributed by atoms with Crippen molar-refractivity contribution in [1.29, 1.82) is 0 Å². The molecule has 0 aliphatic heterocycles. The van der Waals surface area contributed by atoms with Gasteiger partial charge in [-0.25, -0.2) is 9.59 Å². The van der Waals surface area contributed by atoms with Crippen LogP contribution in [0.1, 0.15) is 52.0 Å². The summed E-state index contributed by atoms with van der Waals surface area (Å²) < 4.78 is 11.4. The molecule has 8 nitrogen and oxygen atoms in total. The van der Waals surface area contributed by atoms with Gasteiger partial charge >= 0.3 is 12.1 Å². The SMILES string of the molecule is C.CCOC(=O)c1cc(=O)[nH]n1CCCNC(=O)OC(C)(C)C. The highest BCUT2D eigenvalue weighted by atomic mass is 16.6. The summed E-state index contributed by atoms with van der Waals surface area (Å²) in [5, 5.41) is 5.13. The maximum atomic E-state index is 11.7. The molecule has 1 rings (SSSR count). The van der Waals surface area contributed by atoms with Crippen LogP contribution in [0, 0.1) is 0 Å². The van der Waals surface area contributed by atoms with Crippen molar-refractivity contribution < 1.29 is 19.1 Å². The van der Waals surface area contributed by atoms with Gasteiger partial charge < -0.3 is 14.8 Å². The summed E-state index contributed by atoms with van der Waals surface area (Å²) in [7, 11) is 0. The van der Waals surface area contributed by atoms with Crippen molar-refractivity contribution in [2.45, 2.75) is 53.7 Å². The molecule has 0 bridgehead atoms. The second-order valence-corrected chi connectivity index (χ2v) is 5.66. The second-order valence-electron chi connectivity index (χ2n) is 5.66. The Balaban J connectivity index is 0.00000484. The van der Waals surface area contributed by atoms with Crippen LogP contribution in [-0.4, -0.2) is 40.6 Å². The standard InChI is InChI=1S/C14H23N3O5.CH4/c1-5-21-12(19)10-9-11(18)16-17(10)8-6-7-15-13(20)22-14(2,3)4;/h9H,5-8H2,1-4H3,(H,15,20)(H,16,18);1H4. The van der Waals surface area contributed by atoms with E-state index >= 15 is 0 Å². The first-order valence-electron chi connectivity index (χ1n) is 7.16. The van der Waals surface area contributed by atoms with Crippen LogP contribution in [-0.2, 0) is 16.0 Å². The minimum Gasteiger partial charge on any atom is -0.461 e. The molecule has 0 radical (unpaired) electrons. The smallest absolute Gasteiger partial charge is 0.407 e. The molecule has 1 aromatic heterocycles. The highest BCUT2D eigenvalue weighted by molar-refractivity contribution is 5.87. The molecule has 1 aromatic rings. The Morgan fingerprint density at radius 2 is 2.00 bits per heavy atom. The largest absolute Gasteiger partial charge is 0.461 e. The van der Waals surface area contributed by atoms with Crippen molar-refractivity contribution in [3.8, 4) is 0 Å². The number of nitrogens with one attached hydrogen (secondary N) is 2. The average Bonchev–Trinajstić information content (AvgIpc) is 2.74. The summed E-state index contributed by atoms with van der Waals surface area (Å²) in [5.41, 5.74) is -0.750. The van der Waals surface area contributed by atoms with Crippen molar-refractivity contribution in [3.63, 3.8) is 0 Å². The van der Waals surface area contributed by atoms with Crippen LogP contribution < -0.4 is 10.9 Å². The maximum Gasteiger partial charge on any atom is 0.407 e. The van der Waals surface area contributed by atoms with Crippen LogP contribution in [0.25, 0.3) is 0 Å². The molecule has 0 unspecified atom stereocenters. The summed E-state index contributed by atoms with van der Waals surface area (Å²) >= 11 is 0. The lowest BCUT2D eigenvalue weighted by molar-refractivity contribution is 0.0501. The van der Waals surface area contributed by atoms with Crippen LogP contribution in [0.2, 0.25) is 0 Å². The highest BCUT2D eigenvalue weighted by Crippen LogP contribution is 2.06. The summed E-state index contributed by atoms with van der Waals surface area (Å²) in [6.07, 6.45) is 0.0233. The van der Waals surface area contributed by atoms with E-state index in [0.29, 0.717) is 19.5 Å². The van der Waals surface area contributed by atoms with E-state index in [2.05, 4.69) is 10.4 Å². The number of alkyl carbamates (subject to hydrolysis) is 1. The normalized spacial score (nSPS) is 10.6. The van der Waals surface area contributed by atoms with E-state index in [1.807, 2.05) is 0 Å². The minimum atomic E-state index is -0.555. The van der Waals surface area contributed by atoms with E-state index in [4.69, 9.17) is 9.47 Å². The number of aryl methyl sites for hydroxylation is 1. The van der Waals surface area contributed by atoms with Crippen molar-refractivity contribution in [2.24, 2.45) is 0 Å². The number of amides is 1. The van der Waals surface area contributed by atoms with Crippen LogP contribution in [0.15, 0.2) is 10.9 Å². The number of nitrogens with zero attached hydrogens (tertiary/aromatic N) is 1. The van der Waals surface area contributed by atoms with E-state index in [1.54, 1.807) is 27.7 Å². The van der Waals surface area contributed by atoms with Gasteiger partial charge in [-0.1, -0.05) is 7.43 Å². The maximum absolute atomic E-state index is 11.7. The minimum absolute atomic E-state index is 0. The van der Waals surface area contributed by atoms with Gasteiger partial charge in [0, 0.05) is 19.2 Å². The summed E-state index contributed by atoms with van der Waals surface area (Å²) in [6.45, 7) is 7.99. The number of hydrogen-bond donors (Lipinski definition) is 2. The van der Waals surface area contributed by atoms with Crippen molar-refractivity contribution >= 4 is 12.1 Å². The number of H-pyrrole nitrogens is 1. The Morgan fingerprint density at radius 1 is 1.35 bits per heavy atom. The third-order valence-corrected chi connectivity index (χ3v) is 2.52. The molecule has 0 spiro atoms. The summed E-state index contributed by atoms with van der Waals surface area (Å²) in [4.78, 5) is 34.5. The fraction of sp³-hybridized carbons (Fsp3) is 0.667. The zero-order valence-electron chi connectivity index (χ0n) is 13.4.